The van der Waals surface area contributed by atoms with Gasteiger partial charge < -0.3 is 25.4 Å². The van der Waals surface area contributed by atoms with E-state index in [2.05, 4.69) is 20.3 Å². The molecule has 0 spiro atoms. The zero-order valence-electron chi connectivity index (χ0n) is 15.3. The third kappa shape index (κ3) is 3.53. The van der Waals surface area contributed by atoms with Crippen LogP contribution in [-0.4, -0.2) is 59.8 Å². The molecule has 1 aliphatic heterocycles. The molecule has 11 heteroatoms. The number of fused-ring (bicyclic) bond motifs is 1. The van der Waals surface area contributed by atoms with Crippen molar-refractivity contribution in [2.75, 3.05) is 11.9 Å². The van der Waals surface area contributed by atoms with E-state index in [9.17, 15) is 19.7 Å². The lowest BCUT2D eigenvalue weighted by Crippen LogP contribution is -2.33. The van der Waals surface area contributed by atoms with Gasteiger partial charge >= 0.3 is 0 Å². The normalized spacial score (nSPS) is 25.4. The summed E-state index contributed by atoms with van der Waals surface area (Å²) >= 11 is 6.07. The second-order valence-corrected chi connectivity index (χ2v) is 7.12. The van der Waals surface area contributed by atoms with Crippen LogP contribution in [0.1, 0.15) is 24.8 Å². The Balaban J connectivity index is 1.70. The number of rotatable bonds is 5. The summed E-state index contributed by atoms with van der Waals surface area (Å²) in [7, 11) is 0. The van der Waals surface area contributed by atoms with Crippen LogP contribution >= 0.6 is 11.6 Å². The van der Waals surface area contributed by atoms with Gasteiger partial charge in [0.2, 0.25) is 5.28 Å². The van der Waals surface area contributed by atoms with Crippen molar-refractivity contribution in [1.29, 1.82) is 0 Å². The van der Waals surface area contributed by atoms with E-state index in [0.717, 1.165) is 0 Å². The zero-order chi connectivity index (χ0) is 20.7. The number of ether oxygens (including phenoxy) is 1. The van der Waals surface area contributed by atoms with Crippen LogP contribution in [0.3, 0.4) is 0 Å². The van der Waals surface area contributed by atoms with Gasteiger partial charge in [0.05, 0.1) is 19.0 Å². The number of nitrogens with zero attached hydrogens (tertiary/aromatic N) is 4. The quantitative estimate of drug-likeness (QED) is 0.454. The van der Waals surface area contributed by atoms with Gasteiger partial charge in [-0.25, -0.2) is 9.37 Å². The van der Waals surface area contributed by atoms with Gasteiger partial charge in [0, 0.05) is 5.56 Å². The molecule has 3 aromatic rings. The molecular weight excluding hydrogens is 405 g/mol. The van der Waals surface area contributed by atoms with E-state index >= 15 is 0 Å². The average Bonchev–Trinajstić information content (AvgIpc) is 3.23. The van der Waals surface area contributed by atoms with Gasteiger partial charge in [0.25, 0.3) is 0 Å². The molecule has 0 aliphatic carbocycles. The predicted molar refractivity (Wildman–Crippen MR) is 102 cm³/mol. The van der Waals surface area contributed by atoms with Gasteiger partial charge in [0.1, 0.15) is 24.1 Å². The van der Waals surface area contributed by atoms with Crippen LogP contribution in [0.15, 0.2) is 30.6 Å². The lowest BCUT2D eigenvalue weighted by molar-refractivity contribution is -0.0511. The third-order valence-corrected chi connectivity index (χ3v) is 5.08. The molecule has 0 bridgehead atoms. The van der Waals surface area contributed by atoms with E-state index in [0.29, 0.717) is 11.1 Å². The summed E-state index contributed by atoms with van der Waals surface area (Å²) in [6, 6.07) is 5.92. The van der Waals surface area contributed by atoms with Crippen LogP contribution in [-0.2, 0) is 4.74 Å². The van der Waals surface area contributed by atoms with Crippen LogP contribution < -0.4 is 5.32 Å². The Kier molecular flexibility index (Phi) is 5.36. The smallest absolute Gasteiger partial charge is 0.226 e. The molecule has 1 aromatic carbocycles. The van der Waals surface area contributed by atoms with Gasteiger partial charge in [-0.15, -0.1) is 0 Å². The zero-order valence-corrected chi connectivity index (χ0v) is 16.0. The number of aromatic nitrogens is 4. The number of anilines is 1. The largest absolute Gasteiger partial charge is 0.394 e. The highest BCUT2D eigenvalue weighted by Crippen LogP contribution is 2.33. The lowest BCUT2D eigenvalue weighted by Gasteiger charge is -2.18. The molecule has 5 atom stereocenters. The van der Waals surface area contributed by atoms with Crippen LogP contribution in [0, 0.1) is 5.82 Å². The minimum atomic E-state index is -1.30. The molecule has 3 heterocycles. The highest BCUT2D eigenvalue weighted by atomic mass is 35.5. The average molecular weight is 424 g/mol. The Morgan fingerprint density at radius 1 is 1.28 bits per heavy atom. The molecular formula is C18H19ClFN5O4. The number of benzene rings is 1. The van der Waals surface area contributed by atoms with E-state index in [1.54, 1.807) is 25.1 Å². The maximum Gasteiger partial charge on any atom is 0.226 e. The second-order valence-electron chi connectivity index (χ2n) is 6.78. The van der Waals surface area contributed by atoms with Crippen molar-refractivity contribution in [3.8, 4) is 0 Å². The summed E-state index contributed by atoms with van der Waals surface area (Å²) in [4.78, 5) is 12.6. The Morgan fingerprint density at radius 3 is 2.72 bits per heavy atom. The Hall–Kier alpha value is -2.37. The van der Waals surface area contributed by atoms with Gasteiger partial charge in [-0.05, 0) is 24.6 Å². The van der Waals surface area contributed by atoms with Gasteiger partial charge in [-0.3, -0.25) is 4.57 Å². The first kappa shape index (κ1) is 19.9. The molecule has 1 fully saturated rings. The summed E-state index contributed by atoms with van der Waals surface area (Å²) in [5.74, 6) is -0.0813. The Bertz CT molecular complexity index is 1030. The molecule has 0 radical (unpaired) electrons. The van der Waals surface area contributed by atoms with Gasteiger partial charge in [-0.1, -0.05) is 18.2 Å². The maximum absolute atomic E-state index is 14.1. The van der Waals surface area contributed by atoms with Crippen LogP contribution in [0.25, 0.3) is 11.2 Å². The van der Waals surface area contributed by atoms with Crippen molar-refractivity contribution in [1.82, 2.24) is 19.5 Å². The maximum atomic E-state index is 14.1. The number of aliphatic hydroxyl groups excluding tert-OH is 3. The van der Waals surface area contributed by atoms with E-state index in [4.69, 9.17) is 16.3 Å². The minimum absolute atomic E-state index is 0.0887. The molecule has 4 N–H and O–H groups in total. The first-order valence-corrected chi connectivity index (χ1v) is 9.32. The van der Waals surface area contributed by atoms with Crippen LogP contribution in [0.4, 0.5) is 10.2 Å². The van der Waals surface area contributed by atoms with E-state index in [1.165, 1.54) is 17.0 Å². The summed E-state index contributed by atoms with van der Waals surface area (Å²) in [6.07, 6.45) is -3.15. The van der Waals surface area contributed by atoms with Crippen molar-refractivity contribution >= 4 is 28.6 Å². The molecule has 1 aliphatic rings. The molecule has 0 amide bonds. The van der Waals surface area contributed by atoms with Crippen molar-refractivity contribution in [2.45, 2.75) is 37.5 Å². The number of imidazole rings is 1. The Labute approximate surface area is 169 Å². The number of aliphatic hydroxyl groups is 3. The molecule has 0 saturated carbocycles. The Morgan fingerprint density at radius 2 is 2.03 bits per heavy atom. The standard InChI is InChI=1S/C18H19ClFN5O4/c1-8(9-4-2-3-5-10(9)20)22-15-12-16(24-18(19)23-15)25(7-21-12)17-14(28)13(27)11(6-26)29-17/h2-5,7-8,11,13-14,17,26-28H,6H2,1H3,(H,22,23,24)/t8-,11+,13+,14+,17+/m0/s1. The fraction of sp³-hybridized carbons (Fsp3) is 0.389. The molecule has 9 nitrogen and oxygen atoms in total. The third-order valence-electron chi connectivity index (χ3n) is 4.91. The first-order chi connectivity index (χ1) is 13.9. The fourth-order valence-corrected chi connectivity index (χ4v) is 3.56. The SMILES string of the molecule is C[C@H](Nc1nc(Cl)nc2c1ncn2[C@@H]1O[C@H](CO)[C@@H](O)[C@H]1O)c1ccccc1F. The second kappa shape index (κ2) is 7.81. The first-order valence-electron chi connectivity index (χ1n) is 8.94. The highest BCUT2D eigenvalue weighted by molar-refractivity contribution is 6.28. The van der Waals surface area contributed by atoms with Crippen molar-refractivity contribution in [2.24, 2.45) is 0 Å². The van der Waals surface area contributed by atoms with Gasteiger partial charge in [-0.2, -0.15) is 9.97 Å². The number of hydrogen-bond donors (Lipinski definition) is 4. The molecule has 2 aromatic heterocycles. The molecule has 0 unspecified atom stereocenters. The summed E-state index contributed by atoms with van der Waals surface area (Å²) < 4.78 is 21.0. The summed E-state index contributed by atoms with van der Waals surface area (Å²) in [5, 5.41) is 32.6. The van der Waals surface area contributed by atoms with Crippen LogP contribution in [0.5, 0.6) is 0 Å². The van der Waals surface area contributed by atoms with Crippen molar-refractivity contribution in [3.63, 3.8) is 0 Å². The van der Waals surface area contributed by atoms with E-state index in [1.807, 2.05) is 0 Å². The molecule has 29 heavy (non-hydrogen) atoms. The topological polar surface area (TPSA) is 126 Å². The number of halogens is 2. The highest BCUT2D eigenvalue weighted by Gasteiger charge is 2.44. The van der Waals surface area contributed by atoms with E-state index in [-0.39, 0.29) is 22.6 Å². The molecule has 154 valence electrons. The van der Waals surface area contributed by atoms with Crippen molar-refractivity contribution in [3.05, 3.63) is 47.3 Å². The summed E-state index contributed by atoms with van der Waals surface area (Å²) in [5.41, 5.74) is 1.02. The summed E-state index contributed by atoms with van der Waals surface area (Å²) in [6.45, 7) is 1.31. The molecule has 4 rings (SSSR count). The van der Waals surface area contributed by atoms with Crippen LogP contribution in [0.2, 0.25) is 5.28 Å². The minimum Gasteiger partial charge on any atom is -0.394 e. The molecule has 1 saturated heterocycles. The fourth-order valence-electron chi connectivity index (χ4n) is 3.40. The predicted octanol–water partition coefficient (Wildman–Crippen LogP) is 1.40. The van der Waals surface area contributed by atoms with E-state index < -0.39 is 37.2 Å². The van der Waals surface area contributed by atoms with Crippen molar-refractivity contribution < 1.29 is 24.4 Å². The lowest BCUT2D eigenvalue weighted by atomic mass is 10.1. The number of nitrogens with one attached hydrogen (secondary N) is 1. The van der Waals surface area contributed by atoms with Gasteiger partial charge in [0.15, 0.2) is 23.2 Å². The number of hydrogen-bond acceptors (Lipinski definition) is 8. The monoisotopic (exact) mass is 423 g/mol.